The summed E-state index contributed by atoms with van der Waals surface area (Å²) in [6, 6.07) is 12.7. The minimum absolute atomic E-state index is 0.0726. The third-order valence-corrected chi connectivity index (χ3v) is 3.99. The molecule has 2 aromatic carbocycles. The standard InChI is InChI=1S/C14H16N2O3S/c1-16(2)12-5-7-13(8-6-12)19-20(17,18)14-9-3-11(15)4-10-14/h3-10H,15H2,1-2H3. The van der Waals surface area contributed by atoms with Crippen molar-refractivity contribution in [3.63, 3.8) is 0 Å². The van der Waals surface area contributed by atoms with Gasteiger partial charge in [-0.2, -0.15) is 8.42 Å². The summed E-state index contributed by atoms with van der Waals surface area (Å²) in [5, 5.41) is 0. The second kappa shape index (κ2) is 5.42. The molecule has 0 atom stereocenters. The van der Waals surface area contributed by atoms with Crippen molar-refractivity contribution in [2.45, 2.75) is 4.90 Å². The summed E-state index contributed by atoms with van der Waals surface area (Å²) in [7, 11) is -0.0249. The zero-order valence-electron chi connectivity index (χ0n) is 11.3. The zero-order valence-corrected chi connectivity index (χ0v) is 12.1. The zero-order chi connectivity index (χ0) is 14.8. The first-order valence-electron chi connectivity index (χ1n) is 5.96. The van der Waals surface area contributed by atoms with Crippen LogP contribution in [-0.4, -0.2) is 22.5 Å². The van der Waals surface area contributed by atoms with Crippen LogP contribution < -0.4 is 14.8 Å². The summed E-state index contributed by atoms with van der Waals surface area (Å²) in [5.74, 6) is 0.271. The maximum absolute atomic E-state index is 12.1. The molecule has 0 saturated carbocycles. The van der Waals surface area contributed by atoms with Crippen molar-refractivity contribution in [1.82, 2.24) is 0 Å². The molecule has 0 unspecified atom stereocenters. The molecule has 0 radical (unpaired) electrons. The van der Waals surface area contributed by atoms with Crippen LogP contribution in [0.4, 0.5) is 11.4 Å². The number of hydrogen-bond acceptors (Lipinski definition) is 5. The van der Waals surface area contributed by atoms with Crippen LogP contribution >= 0.6 is 0 Å². The average molecular weight is 292 g/mol. The Morgan fingerprint density at radius 2 is 1.50 bits per heavy atom. The minimum Gasteiger partial charge on any atom is -0.399 e. The lowest BCUT2D eigenvalue weighted by atomic mass is 10.3. The molecule has 0 aliphatic carbocycles. The number of anilines is 2. The lowest BCUT2D eigenvalue weighted by molar-refractivity contribution is 0.486. The van der Waals surface area contributed by atoms with Gasteiger partial charge < -0.3 is 14.8 Å². The normalized spacial score (nSPS) is 11.1. The van der Waals surface area contributed by atoms with Crippen LogP contribution in [-0.2, 0) is 10.1 Å². The number of nitrogens with zero attached hydrogens (tertiary/aromatic N) is 1. The average Bonchev–Trinajstić information content (AvgIpc) is 2.39. The highest BCUT2D eigenvalue weighted by Gasteiger charge is 2.16. The molecule has 2 aromatic rings. The van der Waals surface area contributed by atoms with E-state index >= 15 is 0 Å². The van der Waals surface area contributed by atoms with E-state index in [1.54, 1.807) is 24.3 Å². The summed E-state index contributed by atoms with van der Waals surface area (Å²) in [6.45, 7) is 0. The van der Waals surface area contributed by atoms with Crippen molar-refractivity contribution in [1.29, 1.82) is 0 Å². The first kappa shape index (κ1) is 14.2. The molecule has 0 bridgehead atoms. The van der Waals surface area contributed by atoms with Gasteiger partial charge in [0.25, 0.3) is 0 Å². The Kier molecular flexibility index (Phi) is 3.85. The van der Waals surface area contributed by atoms with Gasteiger partial charge in [-0.25, -0.2) is 0 Å². The highest BCUT2D eigenvalue weighted by atomic mass is 32.2. The van der Waals surface area contributed by atoms with Crippen molar-refractivity contribution in [2.75, 3.05) is 24.7 Å². The van der Waals surface area contributed by atoms with Crippen LogP contribution in [0.3, 0.4) is 0 Å². The Hall–Kier alpha value is -2.21. The van der Waals surface area contributed by atoms with Crippen LogP contribution in [0.5, 0.6) is 5.75 Å². The Morgan fingerprint density at radius 1 is 0.950 bits per heavy atom. The summed E-state index contributed by atoms with van der Waals surface area (Å²) >= 11 is 0. The largest absolute Gasteiger partial charge is 0.399 e. The summed E-state index contributed by atoms with van der Waals surface area (Å²) < 4.78 is 29.2. The number of benzene rings is 2. The van der Waals surface area contributed by atoms with Gasteiger partial charge in [-0.15, -0.1) is 0 Å². The van der Waals surface area contributed by atoms with Crippen LogP contribution in [0.2, 0.25) is 0 Å². The second-order valence-corrected chi connectivity index (χ2v) is 6.04. The van der Waals surface area contributed by atoms with Crippen molar-refractivity contribution in [3.05, 3.63) is 48.5 Å². The van der Waals surface area contributed by atoms with E-state index in [2.05, 4.69) is 0 Å². The summed E-state index contributed by atoms with van der Waals surface area (Å²) in [5.41, 5.74) is 6.99. The molecule has 0 fully saturated rings. The predicted molar refractivity (Wildman–Crippen MR) is 79.4 cm³/mol. The van der Waals surface area contributed by atoms with Crippen LogP contribution in [0.25, 0.3) is 0 Å². The van der Waals surface area contributed by atoms with E-state index in [9.17, 15) is 8.42 Å². The Balaban J connectivity index is 2.22. The third kappa shape index (κ3) is 3.21. The smallest absolute Gasteiger partial charge is 0.339 e. The Morgan fingerprint density at radius 3 is 2.00 bits per heavy atom. The molecule has 5 nitrogen and oxygen atoms in total. The number of hydrogen-bond donors (Lipinski definition) is 1. The quantitative estimate of drug-likeness (QED) is 0.690. The molecule has 2 N–H and O–H groups in total. The van der Waals surface area contributed by atoms with Crippen molar-refractivity contribution < 1.29 is 12.6 Å². The van der Waals surface area contributed by atoms with Crippen LogP contribution in [0, 0.1) is 0 Å². The molecule has 0 heterocycles. The van der Waals surface area contributed by atoms with Gasteiger partial charge in [0, 0.05) is 25.5 Å². The molecular formula is C14H16N2O3S. The van der Waals surface area contributed by atoms with E-state index in [0.717, 1.165) is 5.69 Å². The van der Waals surface area contributed by atoms with Gasteiger partial charge in [0.1, 0.15) is 10.6 Å². The molecule has 0 spiro atoms. The molecular weight excluding hydrogens is 276 g/mol. The van der Waals surface area contributed by atoms with E-state index in [4.69, 9.17) is 9.92 Å². The fourth-order valence-corrected chi connectivity index (χ4v) is 2.54. The van der Waals surface area contributed by atoms with Gasteiger partial charge in [0.05, 0.1) is 0 Å². The molecule has 6 heteroatoms. The molecule has 2 rings (SSSR count). The fourth-order valence-electron chi connectivity index (χ4n) is 1.61. The topological polar surface area (TPSA) is 72.6 Å². The van der Waals surface area contributed by atoms with Gasteiger partial charge >= 0.3 is 10.1 Å². The van der Waals surface area contributed by atoms with E-state index in [-0.39, 0.29) is 10.6 Å². The molecule has 106 valence electrons. The Bertz CT molecular complexity index is 677. The SMILES string of the molecule is CN(C)c1ccc(OS(=O)(=O)c2ccc(N)cc2)cc1. The van der Waals surface area contributed by atoms with Gasteiger partial charge in [-0.1, -0.05) is 0 Å². The number of rotatable bonds is 4. The maximum Gasteiger partial charge on any atom is 0.339 e. The van der Waals surface area contributed by atoms with E-state index in [1.165, 1.54) is 24.3 Å². The highest BCUT2D eigenvalue weighted by molar-refractivity contribution is 7.87. The molecule has 0 aliphatic rings. The molecule has 0 aliphatic heterocycles. The fraction of sp³-hybridized carbons (Fsp3) is 0.143. The number of nitrogens with two attached hydrogens (primary N) is 1. The van der Waals surface area contributed by atoms with Crippen LogP contribution in [0.1, 0.15) is 0 Å². The van der Waals surface area contributed by atoms with Gasteiger partial charge in [-0.3, -0.25) is 0 Å². The van der Waals surface area contributed by atoms with Crippen molar-refractivity contribution >= 4 is 21.5 Å². The van der Waals surface area contributed by atoms with Gasteiger partial charge in [0.2, 0.25) is 0 Å². The Labute approximate surface area is 118 Å². The van der Waals surface area contributed by atoms with Crippen molar-refractivity contribution in [3.8, 4) is 5.75 Å². The van der Waals surface area contributed by atoms with E-state index < -0.39 is 10.1 Å². The lowest BCUT2D eigenvalue weighted by Gasteiger charge is -2.13. The first-order chi connectivity index (χ1) is 9.38. The van der Waals surface area contributed by atoms with Crippen molar-refractivity contribution in [2.24, 2.45) is 0 Å². The van der Waals surface area contributed by atoms with Gasteiger partial charge in [-0.05, 0) is 48.5 Å². The molecule has 0 aromatic heterocycles. The number of nitrogen functional groups attached to an aromatic ring is 1. The van der Waals surface area contributed by atoms with Gasteiger partial charge in [0.15, 0.2) is 0 Å². The highest BCUT2D eigenvalue weighted by Crippen LogP contribution is 2.22. The van der Waals surface area contributed by atoms with E-state index in [0.29, 0.717) is 5.69 Å². The maximum atomic E-state index is 12.1. The first-order valence-corrected chi connectivity index (χ1v) is 7.37. The molecule has 0 saturated heterocycles. The van der Waals surface area contributed by atoms with Crippen LogP contribution in [0.15, 0.2) is 53.4 Å². The summed E-state index contributed by atoms with van der Waals surface area (Å²) in [6.07, 6.45) is 0. The lowest BCUT2D eigenvalue weighted by Crippen LogP contribution is -2.11. The molecule has 0 amide bonds. The minimum atomic E-state index is -3.83. The second-order valence-electron chi connectivity index (χ2n) is 4.49. The monoisotopic (exact) mass is 292 g/mol. The predicted octanol–water partition coefficient (Wildman–Crippen LogP) is 2.10. The summed E-state index contributed by atoms with van der Waals surface area (Å²) in [4.78, 5) is 1.99. The molecule has 20 heavy (non-hydrogen) atoms. The van der Waals surface area contributed by atoms with E-state index in [1.807, 2.05) is 19.0 Å². The third-order valence-electron chi connectivity index (χ3n) is 2.73.